The number of ether oxygens (including phenoxy) is 1. The molecule has 142 valence electrons. The molecule has 1 atom stereocenters. The Bertz CT molecular complexity index is 688. The van der Waals surface area contributed by atoms with Crippen LogP contribution in [-0.4, -0.2) is 29.1 Å². The fourth-order valence-corrected chi connectivity index (χ4v) is 2.70. The van der Waals surface area contributed by atoms with Crippen molar-refractivity contribution in [3.05, 3.63) is 46.8 Å². The molecular formula is C17H25N5O2S2. The van der Waals surface area contributed by atoms with Crippen molar-refractivity contribution in [3.8, 4) is 0 Å². The van der Waals surface area contributed by atoms with Crippen molar-refractivity contribution in [2.24, 2.45) is 10.7 Å². The molecule has 0 bridgehead atoms. The van der Waals surface area contributed by atoms with Gasteiger partial charge in [0.2, 0.25) is 0 Å². The Morgan fingerprint density at radius 3 is 2.81 bits per heavy atom. The van der Waals surface area contributed by atoms with Gasteiger partial charge in [0.05, 0.1) is 10.2 Å². The van der Waals surface area contributed by atoms with Crippen LogP contribution in [0.5, 0.6) is 0 Å². The molecule has 0 fully saturated rings. The van der Waals surface area contributed by atoms with E-state index in [0.29, 0.717) is 16.6 Å². The number of aliphatic imine (C=N–C) groups is 1. The predicted octanol–water partition coefficient (Wildman–Crippen LogP) is 2.92. The van der Waals surface area contributed by atoms with Crippen LogP contribution in [0.4, 0.5) is 4.79 Å². The first-order valence-electron chi connectivity index (χ1n) is 7.84. The lowest BCUT2D eigenvalue weighted by Crippen LogP contribution is -2.51. The highest BCUT2D eigenvalue weighted by Crippen LogP contribution is 2.24. The van der Waals surface area contributed by atoms with Crippen LogP contribution in [0.3, 0.4) is 0 Å². The molecule has 0 spiro atoms. The van der Waals surface area contributed by atoms with E-state index in [2.05, 4.69) is 44.9 Å². The Kier molecular flexibility index (Phi) is 7.95. The van der Waals surface area contributed by atoms with Gasteiger partial charge < -0.3 is 26.4 Å². The summed E-state index contributed by atoms with van der Waals surface area (Å²) in [6, 6.07) is 0. The van der Waals surface area contributed by atoms with Crippen LogP contribution in [0.2, 0.25) is 0 Å². The second-order valence-corrected chi connectivity index (χ2v) is 7.91. The first-order valence-corrected chi connectivity index (χ1v) is 9.07. The molecule has 0 aliphatic carbocycles. The smallest absolute Gasteiger partial charge is 0.407 e. The summed E-state index contributed by atoms with van der Waals surface area (Å²) in [6.45, 7) is 11.7. The van der Waals surface area contributed by atoms with Crippen LogP contribution in [0.15, 0.2) is 51.8 Å². The second-order valence-electron chi connectivity index (χ2n) is 6.61. The molecule has 1 amide bonds. The molecule has 1 unspecified atom stereocenters. The van der Waals surface area contributed by atoms with Crippen LogP contribution in [0, 0.1) is 0 Å². The summed E-state index contributed by atoms with van der Waals surface area (Å²) < 4.78 is 5.20. The Balaban J connectivity index is 2.52. The molecule has 1 aliphatic rings. The summed E-state index contributed by atoms with van der Waals surface area (Å²) in [6.07, 6.45) is 6.54. The molecular weight excluding hydrogens is 370 g/mol. The van der Waals surface area contributed by atoms with Crippen LogP contribution < -0.4 is 21.7 Å². The van der Waals surface area contributed by atoms with E-state index in [0.717, 1.165) is 5.57 Å². The highest BCUT2D eigenvalue weighted by molar-refractivity contribution is 8.06. The fraction of sp³-hybridized carbons (Fsp3) is 0.412. The lowest BCUT2D eigenvalue weighted by molar-refractivity contribution is 0.0533. The molecule has 9 heteroatoms. The van der Waals surface area contributed by atoms with E-state index in [1.54, 1.807) is 0 Å². The Morgan fingerprint density at radius 2 is 2.31 bits per heavy atom. The second kappa shape index (κ2) is 9.47. The molecule has 1 heterocycles. The molecule has 1 rings (SSSR count). The molecule has 7 nitrogen and oxygen atoms in total. The van der Waals surface area contributed by atoms with Gasteiger partial charge in [0.15, 0.2) is 0 Å². The number of carbonyl (C=O) groups excluding carboxylic acids is 1. The summed E-state index contributed by atoms with van der Waals surface area (Å²) in [4.78, 5) is 15.5. The van der Waals surface area contributed by atoms with Crippen LogP contribution in [0.25, 0.3) is 0 Å². The summed E-state index contributed by atoms with van der Waals surface area (Å²) in [7, 11) is 0. The van der Waals surface area contributed by atoms with Crippen LogP contribution in [0.1, 0.15) is 27.7 Å². The van der Waals surface area contributed by atoms with Gasteiger partial charge >= 0.3 is 6.09 Å². The number of carbonyl (C=O) groups is 1. The number of hydrogen-bond donors (Lipinski definition) is 4. The van der Waals surface area contributed by atoms with Gasteiger partial charge in [0, 0.05) is 18.9 Å². The summed E-state index contributed by atoms with van der Waals surface area (Å²) in [5.74, 6) is 0. The molecule has 0 saturated heterocycles. The number of amides is 1. The number of nitrogens with two attached hydrogens (primary N) is 1. The topological polar surface area (TPSA) is 101 Å². The number of hydrogen-bond acceptors (Lipinski definition) is 8. The summed E-state index contributed by atoms with van der Waals surface area (Å²) >= 11 is 5.82. The maximum atomic E-state index is 11.7. The van der Waals surface area contributed by atoms with Gasteiger partial charge in [-0.05, 0) is 51.6 Å². The van der Waals surface area contributed by atoms with Crippen LogP contribution >= 0.6 is 24.0 Å². The lowest BCUT2D eigenvalue weighted by atomic mass is 10.1. The van der Waals surface area contributed by atoms with E-state index >= 15 is 0 Å². The van der Waals surface area contributed by atoms with Gasteiger partial charge in [-0.3, -0.25) is 0 Å². The average molecular weight is 396 g/mol. The summed E-state index contributed by atoms with van der Waals surface area (Å²) in [5, 5.41) is 12.6. The molecule has 5 N–H and O–H groups in total. The number of thioether (sulfide) groups is 1. The number of isothiocyanates is 1. The van der Waals surface area contributed by atoms with Crippen molar-refractivity contribution in [2.75, 3.05) is 6.54 Å². The largest absolute Gasteiger partial charge is 0.444 e. The zero-order valence-corrected chi connectivity index (χ0v) is 17.0. The van der Waals surface area contributed by atoms with Gasteiger partial charge in [-0.15, -0.1) is 0 Å². The highest BCUT2D eigenvalue weighted by Gasteiger charge is 2.23. The first kappa shape index (κ1) is 21.8. The molecule has 0 aromatic rings. The van der Waals surface area contributed by atoms with E-state index < -0.39 is 17.4 Å². The molecule has 0 radical (unpaired) electrons. The Labute approximate surface area is 163 Å². The standard InChI is InChI=1S/C17H25N5O2S2/c1-12(26-14(8-18)20-11-25)22-17(5)7-6-13(10-21-17)9-19-15(23)24-16(2,3)4/h6-8,10,21-22H,1,9,18H2,2-5H3,(H,19,23)/b14-8-. The molecule has 1 aliphatic heterocycles. The van der Waals surface area contributed by atoms with Crippen molar-refractivity contribution in [1.82, 2.24) is 16.0 Å². The predicted molar refractivity (Wildman–Crippen MR) is 110 cm³/mol. The average Bonchev–Trinajstić information content (AvgIpc) is 2.52. The van der Waals surface area contributed by atoms with Gasteiger partial charge in [-0.25, -0.2) is 4.79 Å². The zero-order valence-electron chi connectivity index (χ0n) is 15.4. The summed E-state index contributed by atoms with van der Waals surface area (Å²) in [5.41, 5.74) is 5.31. The third-order valence-electron chi connectivity index (χ3n) is 2.95. The van der Waals surface area contributed by atoms with Crippen molar-refractivity contribution in [3.63, 3.8) is 0 Å². The molecule has 26 heavy (non-hydrogen) atoms. The van der Waals surface area contributed by atoms with Crippen molar-refractivity contribution in [2.45, 2.75) is 39.0 Å². The molecule has 0 saturated carbocycles. The first-order chi connectivity index (χ1) is 12.1. The fourth-order valence-electron chi connectivity index (χ4n) is 1.87. The Morgan fingerprint density at radius 1 is 1.62 bits per heavy atom. The van der Waals surface area contributed by atoms with E-state index in [1.165, 1.54) is 18.0 Å². The third-order valence-corrected chi connectivity index (χ3v) is 3.83. The van der Waals surface area contributed by atoms with Gasteiger partial charge in [-0.2, -0.15) is 4.99 Å². The zero-order chi connectivity index (χ0) is 19.8. The Hall–Kier alpha value is -2.22. The van der Waals surface area contributed by atoms with E-state index in [9.17, 15) is 4.79 Å². The van der Waals surface area contributed by atoms with Crippen molar-refractivity contribution >= 4 is 35.2 Å². The number of dihydropyridines is 1. The van der Waals surface area contributed by atoms with Gasteiger partial charge in [0.1, 0.15) is 16.3 Å². The lowest BCUT2D eigenvalue weighted by Gasteiger charge is -2.32. The third kappa shape index (κ3) is 8.24. The normalized spacial score (nSPS) is 19.5. The van der Waals surface area contributed by atoms with Crippen molar-refractivity contribution < 1.29 is 9.53 Å². The van der Waals surface area contributed by atoms with E-state index in [1.807, 2.05) is 46.0 Å². The van der Waals surface area contributed by atoms with E-state index in [4.69, 9.17) is 10.5 Å². The monoisotopic (exact) mass is 395 g/mol. The minimum Gasteiger partial charge on any atom is -0.444 e. The van der Waals surface area contributed by atoms with Gasteiger partial charge in [0.25, 0.3) is 0 Å². The maximum Gasteiger partial charge on any atom is 0.407 e. The SMILES string of the molecule is C=C(NC1(C)C=CC(CNC(=O)OC(C)(C)C)=CN1)S/C(=C\N)N=C=S. The molecule has 0 aromatic heterocycles. The van der Waals surface area contributed by atoms with Crippen LogP contribution in [-0.2, 0) is 4.74 Å². The van der Waals surface area contributed by atoms with E-state index in [-0.39, 0.29) is 0 Å². The van der Waals surface area contributed by atoms with Crippen molar-refractivity contribution in [1.29, 1.82) is 0 Å². The number of rotatable bonds is 7. The maximum absolute atomic E-state index is 11.7. The molecule has 0 aromatic carbocycles. The highest BCUT2D eigenvalue weighted by atomic mass is 32.2. The minimum absolute atomic E-state index is 0.355. The quantitative estimate of drug-likeness (QED) is 0.388. The number of thiocarbonyl (C=S) groups is 1. The van der Waals surface area contributed by atoms with Gasteiger partial charge in [-0.1, -0.05) is 24.4 Å². The number of alkyl carbamates (subject to hydrolysis) is 1. The number of nitrogens with one attached hydrogen (secondary N) is 3. The minimum atomic E-state index is -0.541. The number of nitrogens with zero attached hydrogens (tertiary/aromatic N) is 1.